The van der Waals surface area contributed by atoms with Crippen LogP contribution in [0.1, 0.15) is 56.1 Å². The van der Waals surface area contributed by atoms with Crippen molar-refractivity contribution >= 4 is 10.3 Å². The van der Waals surface area contributed by atoms with Gasteiger partial charge in [0.05, 0.1) is 6.10 Å². The zero-order chi connectivity index (χ0) is 18.7. The first-order valence-corrected chi connectivity index (χ1v) is 11.0. The maximum Gasteiger partial charge on any atom is 0.384 e. The van der Waals surface area contributed by atoms with Gasteiger partial charge in [-0.2, -0.15) is 12.7 Å². The van der Waals surface area contributed by atoms with Crippen LogP contribution in [0.5, 0.6) is 5.75 Å². The highest BCUT2D eigenvalue weighted by Gasteiger charge is 2.54. The summed E-state index contributed by atoms with van der Waals surface area (Å²) in [5.41, 5.74) is 2.67. The number of fused-ring (bicyclic) bond motifs is 5. The molecule has 0 aliphatic heterocycles. The lowest BCUT2D eigenvalue weighted by molar-refractivity contribution is -0.0226. The predicted molar refractivity (Wildman–Crippen MR) is 100 cm³/mol. The Kier molecular flexibility index (Phi) is 4.36. The molecule has 0 heterocycles. The van der Waals surface area contributed by atoms with Gasteiger partial charge in [-0.05, 0) is 85.0 Å². The van der Waals surface area contributed by atoms with Crippen molar-refractivity contribution in [3.63, 3.8) is 0 Å². The van der Waals surface area contributed by atoms with Crippen LogP contribution in [-0.4, -0.2) is 38.0 Å². The summed E-state index contributed by atoms with van der Waals surface area (Å²) < 4.78 is 30.2. The van der Waals surface area contributed by atoms with Crippen molar-refractivity contribution in [2.75, 3.05) is 14.1 Å². The van der Waals surface area contributed by atoms with E-state index >= 15 is 0 Å². The molecule has 2 fully saturated rings. The molecule has 1 N–H and O–H groups in total. The molecule has 3 aliphatic rings. The minimum absolute atomic E-state index is 0.0848. The highest BCUT2D eigenvalue weighted by atomic mass is 32.2. The van der Waals surface area contributed by atoms with E-state index < -0.39 is 10.3 Å². The molecule has 4 rings (SSSR count). The second kappa shape index (κ2) is 6.21. The Balaban J connectivity index is 1.60. The molecule has 0 amide bonds. The molecule has 0 aromatic heterocycles. The van der Waals surface area contributed by atoms with E-state index in [1.54, 1.807) is 6.07 Å². The summed E-state index contributed by atoms with van der Waals surface area (Å²) in [4.78, 5) is 0. The third-order valence-corrected chi connectivity index (χ3v) is 8.59. The van der Waals surface area contributed by atoms with E-state index in [1.807, 2.05) is 6.07 Å². The van der Waals surface area contributed by atoms with Crippen LogP contribution >= 0.6 is 0 Å². The lowest BCUT2D eigenvalue weighted by Crippen LogP contribution is -2.43. The van der Waals surface area contributed by atoms with Crippen LogP contribution in [-0.2, 0) is 16.7 Å². The maximum absolute atomic E-state index is 12.0. The molecule has 0 saturated heterocycles. The van der Waals surface area contributed by atoms with Crippen LogP contribution < -0.4 is 4.18 Å². The van der Waals surface area contributed by atoms with Crippen molar-refractivity contribution in [1.82, 2.24) is 4.31 Å². The molecule has 26 heavy (non-hydrogen) atoms. The Morgan fingerprint density at radius 3 is 2.69 bits per heavy atom. The van der Waals surface area contributed by atoms with Gasteiger partial charge in [0.15, 0.2) is 0 Å². The van der Waals surface area contributed by atoms with Crippen molar-refractivity contribution in [2.24, 2.45) is 17.3 Å². The Hall–Kier alpha value is -1.11. The predicted octanol–water partition coefficient (Wildman–Crippen LogP) is 3.09. The Labute approximate surface area is 156 Å². The lowest BCUT2D eigenvalue weighted by Gasteiger charge is -2.50. The van der Waals surface area contributed by atoms with Crippen LogP contribution in [0.3, 0.4) is 0 Å². The van der Waals surface area contributed by atoms with Crippen molar-refractivity contribution in [2.45, 2.75) is 57.5 Å². The van der Waals surface area contributed by atoms with E-state index in [4.69, 9.17) is 4.18 Å². The molecule has 3 aliphatic carbocycles. The number of aliphatic hydroxyl groups excluding tert-OH is 1. The third-order valence-electron chi connectivity index (χ3n) is 7.30. The van der Waals surface area contributed by atoms with Crippen molar-refractivity contribution < 1.29 is 17.7 Å². The third kappa shape index (κ3) is 2.77. The van der Waals surface area contributed by atoms with Crippen molar-refractivity contribution in [3.8, 4) is 5.75 Å². The van der Waals surface area contributed by atoms with Gasteiger partial charge in [0, 0.05) is 14.1 Å². The molecule has 1 aromatic rings. The zero-order valence-corrected chi connectivity index (χ0v) is 16.6. The largest absolute Gasteiger partial charge is 0.393 e. The Bertz CT molecular complexity index is 806. The smallest absolute Gasteiger partial charge is 0.384 e. The molecule has 5 atom stereocenters. The first-order chi connectivity index (χ1) is 12.2. The number of nitrogens with zero attached hydrogens (tertiary/aromatic N) is 1. The maximum atomic E-state index is 12.0. The van der Waals surface area contributed by atoms with Crippen LogP contribution in [0.15, 0.2) is 18.2 Å². The summed E-state index contributed by atoms with van der Waals surface area (Å²) >= 11 is 0. The van der Waals surface area contributed by atoms with Crippen LogP contribution in [0.4, 0.5) is 0 Å². The summed E-state index contributed by atoms with van der Waals surface area (Å²) in [6.45, 7) is 2.28. The van der Waals surface area contributed by atoms with E-state index in [2.05, 4.69) is 13.0 Å². The second-order valence-electron chi connectivity index (χ2n) is 8.74. The normalized spacial score (nSPS) is 36.3. The summed E-state index contributed by atoms with van der Waals surface area (Å²) in [7, 11) is -0.790. The molecule has 0 bridgehead atoms. The Morgan fingerprint density at radius 2 is 1.96 bits per heavy atom. The minimum Gasteiger partial charge on any atom is -0.393 e. The van der Waals surface area contributed by atoms with Gasteiger partial charge in [-0.15, -0.1) is 0 Å². The monoisotopic (exact) mass is 379 g/mol. The summed E-state index contributed by atoms with van der Waals surface area (Å²) in [5.74, 6) is 2.17. The van der Waals surface area contributed by atoms with Gasteiger partial charge >= 0.3 is 10.3 Å². The SMILES string of the molecule is CN(C)S(=O)(=O)Oc1ccc2c(c1)CC[C@@H]1[C@@H]2CC[C@]2(C)[C@@H](O)CC[C@@H]12. The fourth-order valence-corrected chi connectivity index (χ4v) is 6.28. The lowest BCUT2D eigenvalue weighted by atomic mass is 9.55. The number of hydrogen-bond acceptors (Lipinski definition) is 4. The topological polar surface area (TPSA) is 66.8 Å². The first-order valence-electron chi connectivity index (χ1n) is 9.65. The van der Waals surface area contributed by atoms with E-state index in [0.29, 0.717) is 23.5 Å². The number of benzene rings is 1. The van der Waals surface area contributed by atoms with Gasteiger partial charge < -0.3 is 9.29 Å². The summed E-state index contributed by atoms with van der Waals surface area (Å²) in [6, 6.07) is 5.77. The summed E-state index contributed by atoms with van der Waals surface area (Å²) in [6.07, 6.45) is 6.18. The molecule has 2 saturated carbocycles. The average Bonchev–Trinajstić information content (AvgIpc) is 2.89. The first kappa shape index (κ1) is 18.3. The van der Waals surface area contributed by atoms with E-state index in [-0.39, 0.29) is 11.5 Å². The average molecular weight is 380 g/mol. The van der Waals surface area contributed by atoms with Crippen molar-refractivity contribution in [1.29, 1.82) is 0 Å². The fraction of sp³-hybridized carbons (Fsp3) is 0.700. The second-order valence-corrected chi connectivity index (χ2v) is 10.5. The molecule has 1 aromatic carbocycles. The quantitative estimate of drug-likeness (QED) is 0.876. The number of aliphatic hydroxyl groups is 1. The molecule has 5 nitrogen and oxygen atoms in total. The van der Waals surface area contributed by atoms with E-state index in [9.17, 15) is 13.5 Å². The van der Waals surface area contributed by atoms with E-state index in [0.717, 1.165) is 42.8 Å². The standard InChI is InChI=1S/C20H29NO4S/c1-20-11-10-16-15-7-5-14(25-26(23,24)21(2)3)12-13(15)4-6-17(16)18(20)8-9-19(20)22/h5,7,12,16-19,22H,4,6,8-11H2,1-3H3/t16-,17-,18+,19+,20+/m1/s1. The molecule has 0 unspecified atom stereocenters. The number of hydrogen-bond donors (Lipinski definition) is 1. The van der Waals surface area contributed by atoms with Crippen LogP contribution in [0.2, 0.25) is 0 Å². The van der Waals surface area contributed by atoms with Gasteiger partial charge in [-0.1, -0.05) is 13.0 Å². The highest BCUT2D eigenvalue weighted by molar-refractivity contribution is 7.84. The van der Waals surface area contributed by atoms with Gasteiger partial charge in [0.1, 0.15) is 5.75 Å². The fourth-order valence-electron chi connectivity index (χ4n) is 5.78. The Morgan fingerprint density at radius 1 is 1.19 bits per heavy atom. The molecule has 6 heteroatoms. The molecule has 0 spiro atoms. The highest BCUT2D eigenvalue weighted by Crippen LogP contribution is 2.60. The number of aryl methyl sites for hydroxylation is 1. The molecular formula is C20H29NO4S. The van der Waals surface area contributed by atoms with Gasteiger partial charge in [-0.25, -0.2) is 0 Å². The molecule has 0 radical (unpaired) electrons. The zero-order valence-electron chi connectivity index (χ0n) is 15.8. The van der Waals surface area contributed by atoms with Gasteiger partial charge in [0.2, 0.25) is 0 Å². The summed E-state index contributed by atoms with van der Waals surface area (Å²) in [5, 5.41) is 10.5. The molecule has 144 valence electrons. The van der Waals surface area contributed by atoms with Crippen LogP contribution in [0, 0.1) is 17.3 Å². The van der Waals surface area contributed by atoms with E-state index in [1.165, 1.54) is 25.2 Å². The van der Waals surface area contributed by atoms with Gasteiger partial charge in [-0.3, -0.25) is 0 Å². The van der Waals surface area contributed by atoms with Crippen molar-refractivity contribution in [3.05, 3.63) is 29.3 Å². The van der Waals surface area contributed by atoms with Gasteiger partial charge in [0.25, 0.3) is 0 Å². The number of rotatable bonds is 3. The van der Waals surface area contributed by atoms with Crippen LogP contribution in [0.25, 0.3) is 0 Å². The molecular weight excluding hydrogens is 350 g/mol. The minimum atomic E-state index is -3.72.